The monoisotopic (exact) mass is 519 g/mol. The Balaban J connectivity index is 1.32. The van der Waals surface area contributed by atoms with E-state index in [2.05, 4.69) is 4.90 Å². The van der Waals surface area contributed by atoms with E-state index in [9.17, 15) is 4.79 Å². The number of carbonyl (C=O) groups is 1. The second kappa shape index (κ2) is 9.57. The molecule has 2 saturated heterocycles. The van der Waals surface area contributed by atoms with Crippen LogP contribution in [0, 0.1) is 5.82 Å². The molecule has 3 aliphatic rings. The number of halogens is 3. The second-order valence-corrected chi connectivity index (χ2v) is 12.0. The first-order valence-corrected chi connectivity index (χ1v) is 13.3. The van der Waals surface area contributed by atoms with Gasteiger partial charge in [0.2, 0.25) is 0 Å². The highest BCUT2D eigenvalue weighted by molar-refractivity contribution is 6.34. The molecule has 0 radical (unpaired) electrons. The third kappa shape index (κ3) is 5.63. The topological polar surface area (TPSA) is 38.8 Å². The molecule has 0 aromatic heterocycles. The molecule has 188 valence electrons. The van der Waals surface area contributed by atoms with Gasteiger partial charge < -0.3 is 9.47 Å². The SMILES string of the molecule is CC(C)(C)OC(=O)c1ccc(CN2C3CCC2CC(Oc2cc(Cl)cc(Cl)c2)C3)c(C2CC2)c1F. The van der Waals surface area contributed by atoms with Crippen LogP contribution in [0.5, 0.6) is 5.75 Å². The number of fused-ring (bicyclic) bond motifs is 2. The average molecular weight is 520 g/mol. The van der Waals surface area contributed by atoms with Gasteiger partial charge >= 0.3 is 5.97 Å². The predicted octanol–water partition coefficient (Wildman–Crippen LogP) is 7.54. The van der Waals surface area contributed by atoms with Crippen molar-refractivity contribution < 1.29 is 18.7 Å². The van der Waals surface area contributed by atoms with Gasteiger partial charge in [-0.25, -0.2) is 9.18 Å². The van der Waals surface area contributed by atoms with Gasteiger partial charge in [0.15, 0.2) is 0 Å². The zero-order valence-corrected chi connectivity index (χ0v) is 22.0. The van der Waals surface area contributed by atoms with E-state index in [1.54, 1.807) is 45.0 Å². The fraction of sp³-hybridized carbons (Fsp3) is 0.536. The molecule has 5 rings (SSSR count). The van der Waals surface area contributed by atoms with Crippen LogP contribution >= 0.6 is 23.2 Å². The Morgan fingerprint density at radius 2 is 1.66 bits per heavy atom. The van der Waals surface area contributed by atoms with Crippen molar-refractivity contribution >= 4 is 29.2 Å². The Morgan fingerprint density at radius 1 is 1.03 bits per heavy atom. The molecule has 35 heavy (non-hydrogen) atoms. The van der Waals surface area contributed by atoms with Crippen molar-refractivity contribution in [3.63, 3.8) is 0 Å². The number of hydrogen-bond donors (Lipinski definition) is 0. The lowest BCUT2D eigenvalue weighted by atomic mass is 9.95. The molecule has 2 aliphatic heterocycles. The number of esters is 1. The first-order valence-electron chi connectivity index (χ1n) is 12.5. The maximum Gasteiger partial charge on any atom is 0.341 e. The minimum atomic E-state index is -0.663. The molecule has 0 N–H and O–H groups in total. The smallest absolute Gasteiger partial charge is 0.341 e. The number of hydrogen-bond acceptors (Lipinski definition) is 4. The fourth-order valence-electron chi connectivity index (χ4n) is 5.64. The predicted molar refractivity (Wildman–Crippen MR) is 136 cm³/mol. The summed E-state index contributed by atoms with van der Waals surface area (Å²) in [4.78, 5) is 15.1. The lowest BCUT2D eigenvalue weighted by Crippen LogP contribution is -2.45. The fourth-order valence-corrected chi connectivity index (χ4v) is 6.15. The van der Waals surface area contributed by atoms with Gasteiger partial charge in [-0.05, 0) is 101 Å². The molecule has 2 aromatic carbocycles. The number of carbonyl (C=O) groups excluding carboxylic acids is 1. The zero-order chi connectivity index (χ0) is 24.9. The van der Waals surface area contributed by atoms with Gasteiger partial charge in [0.25, 0.3) is 0 Å². The van der Waals surface area contributed by atoms with Crippen LogP contribution < -0.4 is 4.74 Å². The Bertz CT molecular complexity index is 1090. The number of rotatable bonds is 6. The molecule has 4 nitrogen and oxygen atoms in total. The van der Waals surface area contributed by atoms with Gasteiger partial charge in [0.05, 0.1) is 5.56 Å². The summed E-state index contributed by atoms with van der Waals surface area (Å²) < 4.78 is 27.3. The standard InChI is InChI=1S/C28H32Cl2FNO3/c1-28(2,3)35-27(33)24-9-6-17(25(26(24)31)16-4-5-16)15-32-20-7-8-21(32)14-23(13-20)34-22-11-18(29)10-19(30)12-22/h6,9-12,16,20-21,23H,4-5,7-8,13-15H2,1-3H3. The molecule has 2 heterocycles. The summed E-state index contributed by atoms with van der Waals surface area (Å²) in [5.74, 6) is -0.0973. The van der Waals surface area contributed by atoms with E-state index in [-0.39, 0.29) is 17.6 Å². The van der Waals surface area contributed by atoms with Crippen molar-refractivity contribution in [3.05, 3.63) is 62.9 Å². The molecular weight excluding hydrogens is 488 g/mol. The lowest BCUT2D eigenvalue weighted by molar-refractivity contribution is 0.00641. The van der Waals surface area contributed by atoms with Crippen LogP contribution in [-0.2, 0) is 11.3 Å². The molecule has 2 aromatic rings. The van der Waals surface area contributed by atoms with Crippen molar-refractivity contribution in [2.75, 3.05) is 0 Å². The Kier molecular flexibility index (Phi) is 6.80. The quantitative estimate of drug-likeness (QED) is 0.369. The second-order valence-electron chi connectivity index (χ2n) is 11.1. The van der Waals surface area contributed by atoms with Crippen molar-refractivity contribution in [2.45, 2.75) is 95.5 Å². The molecule has 7 heteroatoms. The van der Waals surface area contributed by atoms with Crippen molar-refractivity contribution in [2.24, 2.45) is 0 Å². The van der Waals surface area contributed by atoms with E-state index in [1.807, 2.05) is 6.07 Å². The van der Waals surface area contributed by atoms with Crippen molar-refractivity contribution in [1.29, 1.82) is 0 Å². The molecule has 3 fully saturated rings. The molecule has 1 aliphatic carbocycles. The van der Waals surface area contributed by atoms with Crippen molar-refractivity contribution in [1.82, 2.24) is 4.90 Å². The first kappa shape index (κ1) is 24.9. The Morgan fingerprint density at radius 3 is 2.23 bits per heavy atom. The van der Waals surface area contributed by atoms with Gasteiger partial charge in [-0.2, -0.15) is 0 Å². The molecule has 2 bridgehead atoms. The van der Waals surface area contributed by atoms with Crippen LogP contribution in [0.3, 0.4) is 0 Å². The molecule has 2 atom stereocenters. The minimum absolute atomic E-state index is 0.0424. The van der Waals surface area contributed by atoms with Gasteiger partial charge in [-0.1, -0.05) is 29.3 Å². The van der Waals surface area contributed by atoms with Crippen LogP contribution in [-0.4, -0.2) is 34.7 Å². The number of ether oxygens (including phenoxy) is 2. The third-order valence-corrected chi connectivity index (χ3v) is 7.64. The van der Waals surface area contributed by atoms with Crippen LogP contribution in [0.2, 0.25) is 10.0 Å². The summed E-state index contributed by atoms with van der Waals surface area (Å²) in [5, 5.41) is 1.13. The van der Waals surface area contributed by atoms with Gasteiger partial charge in [-0.3, -0.25) is 4.90 Å². The van der Waals surface area contributed by atoms with Crippen LogP contribution in [0.1, 0.15) is 86.7 Å². The summed E-state index contributed by atoms with van der Waals surface area (Å²) in [6, 6.07) is 9.62. The normalized spacial score (nSPS) is 24.5. The first-order chi connectivity index (χ1) is 16.6. The number of benzene rings is 2. The summed E-state index contributed by atoms with van der Waals surface area (Å²) in [5.41, 5.74) is 1.08. The number of piperidine rings is 1. The lowest BCUT2D eigenvalue weighted by Gasteiger charge is -2.39. The summed E-state index contributed by atoms with van der Waals surface area (Å²) in [6.45, 7) is 6.08. The summed E-state index contributed by atoms with van der Waals surface area (Å²) in [6.07, 6.45) is 6.08. The highest BCUT2D eigenvalue weighted by Crippen LogP contribution is 2.46. The highest BCUT2D eigenvalue weighted by Gasteiger charge is 2.42. The van der Waals surface area contributed by atoms with E-state index in [0.717, 1.165) is 44.1 Å². The van der Waals surface area contributed by atoms with Crippen LogP contribution in [0.15, 0.2) is 30.3 Å². The largest absolute Gasteiger partial charge is 0.490 e. The summed E-state index contributed by atoms with van der Waals surface area (Å²) in [7, 11) is 0. The molecule has 1 saturated carbocycles. The Labute approximate surface area is 216 Å². The maximum atomic E-state index is 15.6. The van der Waals surface area contributed by atoms with Gasteiger partial charge in [0, 0.05) is 28.7 Å². The van der Waals surface area contributed by atoms with E-state index < -0.39 is 17.4 Å². The molecule has 0 amide bonds. The van der Waals surface area contributed by atoms with Crippen molar-refractivity contribution in [3.8, 4) is 5.75 Å². The third-order valence-electron chi connectivity index (χ3n) is 7.21. The van der Waals surface area contributed by atoms with Crippen LogP contribution in [0.4, 0.5) is 4.39 Å². The van der Waals surface area contributed by atoms with Gasteiger partial charge in [0.1, 0.15) is 23.3 Å². The zero-order valence-electron chi connectivity index (χ0n) is 20.5. The number of nitrogens with zero attached hydrogens (tertiary/aromatic N) is 1. The summed E-state index contributed by atoms with van der Waals surface area (Å²) >= 11 is 12.3. The average Bonchev–Trinajstić information content (AvgIpc) is 3.53. The molecule has 2 unspecified atom stereocenters. The molecule has 0 spiro atoms. The maximum absolute atomic E-state index is 15.6. The van der Waals surface area contributed by atoms with E-state index in [0.29, 0.717) is 40.0 Å². The van der Waals surface area contributed by atoms with Crippen LogP contribution in [0.25, 0.3) is 0 Å². The Hall–Kier alpha value is -1.82. The van der Waals surface area contributed by atoms with E-state index in [4.69, 9.17) is 32.7 Å². The highest BCUT2D eigenvalue weighted by atomic mass is 35.5. The van der Waals surface area contributed by atoms with E-state index in [1.165, 1.54) is 0 Å². The van der Waals surface area contributed by atoms with Gasteiger partial charge in [-0.15, -0.1) is 0 Å². The van der Waals surface area contributed by atoms with E-state index >= 15 is 4.39 Å². The molecular formula is C28H32Cl2FNO3. The minimum Gasteiger partial charge on any atom is -0.490 e.